The van der Waals surface area contributed by atoms with Gasteiger partial charge in [-0.2, -0.15) is 5.10 Å². The van der Waals surface area contributed by atoms with Gasteiger partial charge in [-0.25, -0.2) is 9.67 Å². The first-order chi connectivity index (χ1) is 10.1. The molecule has 1 heterocycles. The van der Waals surface area contributed by atoms with Gasteiger partial charge in [0.2, 0.25) is 5.91 Å². The van der Waals surface area contributed by atoms with E-state index in [9.17, 15) is 4.79 Å². The van der Waals surface area contributed by atoms with Crippen LogP contribution in [0.3, 0.4) is 0 Å². The van der Waals surface area contributed by atoms with E-state index < -0.39 is 0 Å². The molecular weight excluding hydrogens is 290 g/mol. The number of nitrogens with one attached hydrogen (secondary N) is 1. The van der Waals surface area contributed by atoms with Crippen molar-refractivity contribution >= 4 is 23.2 Å². The highest BCUT2D eigenvalue weighted by molar-refractivity contribution is 6.31. The fourth-order valence-electron chi connectivity index (χ4n) is 1.95. The molecule has 112 valence electrons. The largest absolute Gasteiger partial charge is 0.330 e. The topological polar surface area (TPSA) is 85.8 Å². The molecule has 0 aliphatic heterocycles. The average molecular weight is 308 g/mol. The Kier molecular flexibility index (Phi) is 5.30. The second-order valence-electron chi connectivity index (χ2n) is 4.82. The van der Waals surface area contributed by atoms with Gasteiger partial charge in [-0.1, -0.05) is 18.5 Å². The van der Waals surface area contributed by atoms with Gasteiger partial charge in [0, 0.05) is 10.9 Å². The van der Waals surface area contributed by atoms with Gasteiger partial charge in [-0.05, 0) is 37.6 Å². The van der Waals surface area contributed by atoms with Crippen LogP contribution in [0.25, 0.3) is 5.69 Å². The van der Waals surface area contributed by atoms with E-state index in [1.54, 1.807) is 29.2 Å². The van der Waals surface area contributed by atoms with Crippen molar-refractivity contribution in [3.8, 4) is 5.69 Å². The fourth-order valence-corrected chi connectivity index (χ4v) is 2.12. The summed E-state index contributed by atoms with van der Waals surface area (Å²) in [6.45, 7) is 2.46. The highest BCUT2D eigenvalue weighted by Crippen LogP contribution is 2.24. The van der Waals surface area contributed by atoms with Gasteiger partial charge in [-0.3, -0.25) is 4.79 Å². The zero-order chi connectivity index (χ0) is 15.2. The molecule has 0 spiro atoms. The molecule has 1 amide bonds. The molecule has 0 fully saturated rings. The van der Waals surface area contributed by atoms with E-state index in [-0.39, 0.29) is 11.8 Å². The van der Waals surface area contributed by atoms with Crippen LogP contribution >= 0.6 is 11.6 Å². The van der Waals surface area contributed by atoms with Crippen molar-refractivity contribution < 1.29 is 4.79 Å². The van der Waals surface area contributed by atoms with Crippen LogP contribution < -0.4 is 11.1 Å². The minimum absolute atomic E-state index is 0.0629. The zero-order valence-corrected chi connectivity index (χ0v) is 12.5. The maximum Gasteiger partial charge on any atom is 0.227 e. The van der Waals surface area contributed by atoms with E-state index >= 15 is 0 Å². The van der Waals surface area contributed by atoms with Gasteiger partial charge in [0.1, 0.15) is 12.7 Å². The second kappa shape index (κ2) is 7.19. The monoisotopic (exact) mass is 307 g/mol. The van der Waals surface area contributed by atoms with Gasteiger partial charge in [-0.15, -0.1) is 0 Å². The SMILES string of the molecule is CC(CCCN)C(=O)Nc1cc(Cl)ccc1-n1cncn1. The number of carbonyl (C=O) groups excluding carboxylic acids is 1. The molecule has 2 rings (SSSR count). The number of aromatic nitrogens is 3. The van der Waals surface area contributed by atoms with Crippen molar-refractivity contribution in [2.75, 3.05) is 11.9 Å². The van der Waals surface area contributed by atoms with E-state index in [1.807, 2.05) is 6.92 Å². The van der Waals surface area contributed by atoms with Gasteiger partial charge in [0.25, 0.3) is 0 Å². The predicted octanol–water partition coefficient (Wildman–Crippen LogP) is 2.23. The third-order valence-corrected chi connectivity index (χ3v) is 3.41. The molecule has 21 heavy (non-hydrogen) atoms. The van der Waals surface area contributed by atoms with Crippen LogP contribution in [0.15, 0.2) is 30.9 Å². The lowest BCUT2D eigenvalue weighted by Gasteiger charge is -2.15. The number of halogens is 1. The second-order valence-corrected chi connectivity index (χ2v) is 5.26. The molecule has 1 aromatic carbocycles. The van der Waals surface area contributed by atoms with Crippen LogP contribution in [0.2, 0.25) is 5.02 Å². The number of benzene rings is 1. The van der Waals surface area contributed by atoms with Gasteiger partial charge >= 0.3 is 0 Å². The molecule has 0 radical (unpaired) electrons. The molecule has 7 heteroatoms. The summed E-state index contributed by atoms with van der Waals surface area (Å²) in [7, 11) is 0. The summed E-state index contributed by atoms with van der Waals surface area (Å²) in [5.74, 6) is -0.178. The first-order valence-electron chi connectivity index (χ1n) is 6.77. The van der Waals surface area contributed by atoms with Crippen molar-refractivity contribution in [2.24, 2.45) is 11.7 Å². The maximum atomic E-state index is 12.2. The van der Waals surface area contributed by atoms with Crippen molar-refractivity contribution in [2.45, 2.75) is 19.8 Å². The summed E-state index contributed by atoms with van der Waals surface area (Å²) in [6.07, 6.45) is 4.57. The molecule has 0 saturated carbocycles. The first kappa shape index (κ1) is 15.5. The lowest BCUT2D eigenvalue weighted by molar-refractivity contribution is -0.119. The standard InChI is InChI=1S/C14H18ClN5O/c1-10(3-2-6-16)14(21)19-12-7-11(15)4-5-13(12)20-9-17-8-18-20/h4-5,7-10H,2-3,6,16H2,1H3,(H,19,21). The summed E-state index contributed by atoms with van der Waals surface area (Å²) < 4.78 is 1.58. The number of amides is 1. The van der Waals surface area contributed by atoms with Crippen LogP contribution in [0.1, 0.15) is 19.8 Å². The van der Waals surface area contributed by atoms with Crippen molar-refractivity contribution in [1.29, 1.82) is 0 Å². The molecule has 1 atom stereocenters. The van der Waals surface area contributed by atoms with Gasteiger partial charge in [0.05, 0.1) is 11.4 Å². The highest BCUT2D eigenvalue weighted by atomic mass is 35.5. The van der Waals surface area contributed by atoms with Crippen LogP contribution in [0.4, 0.5) is 5.69 Å². The van der Waals surface area contributed by atoms with Crippen molar-refractivity contribution in [1.82, 2.24) is 14.8 Å². The third-order valence-electron chi connectivity index (χ3n) is 3.17. The minimum atomic E-state index is -0.115. The number of hydrogen-bond acceptors (Lipinski definition) is 4. The predicted molar refractivity (Wildman–Crippen MR) is 82.5 cm³/mol. The summed E-state index contributed by atoms with van der Waals surface area (Å²) in [6, 6.07) is 5.23. The van der Waals surface area contributed by atoms with E-state index in [4.69, 9.17) is 17.3 Å². The molecule has 2 aromatic rings. The van der Waals surface area contributed by atoms with Crippen LogP contribution in [-0.4, -0.2) is 27.2 Å². The van der Waals surface area contributed by atoms with E-state index in [1.165, 1.54) is 6.33 Å². The van der Waals surface area contributed by atoms with E-state index in [2.05, 4.69) is 15.4 Å². The van der Waals surface area contributed by atoms with Crippen LogP contribution in [-0.2, 0) is 4.79 Å². The lowest BCUT2D eigenvalue weighted by Crippen LogP contribution is -2.22. The number of hydrogen-bond donors (Lipinski definition) is 2. The summed E-state index contributed by atoms with van der Waals surface area (Å²) in [5.41, 5.74) is 6.80. The summed E-state index contributed by atoms with van der Waals surface area (Å²) in [5, 5.41) is 7.51. The smallest absolute Gasteiger partial charge is 0.227 e. The molecular formula is C14H18ClN5O. The number of rotatable bonds is 6. The summed E-state index contributed by atoms with van der Waals surface area (Å²) in [4.78, 5) is 16.1. The Morgan fingerprint density at radius 3 is 3.00 bits per heavy atom. The molecule has 3 N–H and O–H groups in total. The molecule has 0 aliphatic rings. The fraction of sp³-hybridized carbons (Fsp3) is 0.357. The normalized spacial score (nSPS) is 12.1. The van der Waals surface area contributed by atoms with Crippen LogP contribution in [0.5, 0.6) is 0 Å². The Morgan fingerprint density at radius 2 is 2.33 bits per heavy atom. The molecule has 1 unspecified atom stereocenters. The Bertz CT molecular complexity index is 599. The Labute approximate surface area is 128 Å². The number of nitrogens with two attached hydrogens (primary N) is 1. The number of carbonyl (C=O) groups is 1. The highest BCUT2D eigenvalue weighted by Gasteiger charge is 2.15. The first-order valence-corrected chi connectivity index (χ1v) is 7.15. The Hall–Kier alpha value is -1.92. The zero-order valence-electron chi connectivity index (χ0n) is 11.8. The van der Waals surface area contributed by atoms with Crippen molar-refractivity contribution in [3.05, 3.63) is 35.9 Å². The number of anilines is 1. The number of nitrogens with zero attached hydrogens (tertiary/aromatic N) is 3. The maximum absolute atomic E-state index is 12.2. The molecule has 1 aromatic heterocycles. The molecule has 0 saturated heterocycles. The Morgan fingerprint density at radius 1 is 1.52 bits per heavy atom. The van der Waals surface area contributed by atoms with Gasteiger partial charge < -0.3 is 11.1 Å². The molecule has 0 aliphatic carbocycles. The van der Waals surface area contributed by atoms with E-state index in [0.29, 0.717) is 17.3 Å². The molecule has 6 nitrogen and oxygen atoms in total. The average Bonchev–Trinajstić information content (AvgIpc) is 2.98. The Balaban J connectivity index is 2.19. The summed E-state index contributed by atoms with van der Waals surface area (Å²) >= 11 is 6.01. The molecule has 0 bridgehead atoms. The van der Waals surface area contributed by atoms with Crippen LogP contribution in [0, 0.1) is 5.92 Å². The third kappa shape index (κ3) is 4.03. The minimum Gasteiger partial charge on any atom is -0.330 e. The van der Waals surface area contributed by atoms with Gasteiger partial charge in [0.15, 0.2) is 0 Å². The quantitative estimate of drug-likeness (QED) is 0.857. The lowest BCUT2D eigenvalue weighted by atomic mass is 10.0. The van der Waals surface area contributed by atoms with Crippen molar-refractivity contribution in [3.63, 3.8) is 0 Å². The van der Waals surface area contributed by atoms with E-state index in [0.717, 1.165) is 18.5 Å².